The van der Waals surface area contributed by atoms with Gasteiger partial charge in [-0.3, -0.25) is 14.3 Å². The monoisotopic (exact) mass is 354 g/mol. The van der Waals surface area contributed by atoms with E-state index in [0.717, 1.165) is 18.4 Å². The van der Waals surface area contributed by atoms with Gasteiger partial charge in [0.05, 0.1) is 6.54 Å². The molecule has 1 N–H and O–H groups in total. The van der Waals surface area contributed by atoms with Gasteiger partial charge in [0, 0.05) is 36.6 Å². The van der Waals surface area contributed by atoms with Crippen molar-refractivity contribution in [3.05, 3.63) is 52.5 Å². The molecule has 26 heavy (non-hydrogen) atoms. The van der Waals surface area contributed by atoms with Crippen molar-refractivity contribution < 1.29 is 9.32 Å². The highest BCUT2D eigenvalue weighted by Crippen LogP contribution is 2.36. The van der Waals surface area contributed by atoms with Gasteiger partial charge in [-0.25, -0.2) is 9.48 Å². The summed E-state index contributed by atoms with van der Waals surface area (Å²) in [5.41, 5.74) is 0.852. The number of rotatable bonds is 6. The van der Waals surface area contributed by atoms with Crippen LogP contribution in [0.5, 0.6) is 0 Å². The molecule has 0 saturated heterocycles. The van der Waals surface area contributed by atoms with Crippen LogP contribution in [0.15, 0.2) is 39.9 Å². The fraction of sp³-hybridized carbons (Fsp3) is 0.353. The van der Waals surface area contributed by atoms with Crippen LogP contribution in [0.2, 0.25) is 0 Å². The van der Waals surface area contributed by atoms with Gasteiger partial charge in [0.1, 0.15) is 5.76 Å². The second-order valence-electron chi connectivity index (χ2n) is 6.25. The predicted molar refractivity (Wildman–Crippen MR) is 91.6 cm³/mol. The van der Waals surface area contributed by atoms with Crippen LogP contribution in [-0.4, -0.2) is 36.9 Å². The molecule has 0 bridgehead atoms. The largest absolute Gasteiger partial charge is 0.361 e. The van der Waals surface area contributed by atoms with Gasteiger partial charge in [-0.1, -0.05) is 5.16 Å². The highest BCUT2D eigenvalue weighted by Gasteiger charge is 2.30. The maximum atomic E-state index is 12.7. The van der Waals surface area contributed by atoms with Crippen molar-refractivity contribution >= 4 is 5.91 Å². The average molecular weight is 354 g/mol. The zero-order valence-electron chi connectivity index (χ0n) is 14.3. The quantitative estimate of drug-likeness (QED) is 0.712. The number of hydrogen-bond donors (Lipinski definition) is 1. The summed E-state index contributed by atoms with van der Waals surface area (Å²) in [6, 6.07) is 5.45. The molecule has 3 aromatic heterocycles. The molecule has 134 valence electrons. The van der Waals surface area contributed by atoms with Crippen LogP contribution in [0.25, 0.3) is 11.4 Å². The van der Waals surface area contributed by atoms with Crippen LogP contribution < -0.4 is 11.0 Å². The van der Waals surface area contributed by atoms with Gasteiger partial charge < -0.3 is 9.84 Å². The lowest BCUT2D eigenvalue weighted by Gasteiger charge is -2.02. The number of hydrogen-bond acceptors (Lipinski definition) is 6. The molecule has 9 nitrogen and oxygen atoms in total. The first-order chi connectivity index (χ1) is 12.6. The number of amides is 1. The first-order valence-corrected chi connectivity index (χ1v) is 8.45. The van der Waals surface area contributed by atoms with Crippen LogP contribution in [0, 0.1) is 6.92 Å². The van der Waals surface area contributed by atoms with Crippen LogP contribution in [0.3, 0.4) is 0 Å². The smallest absolute Gasteiger partial charge is 0.346 e. The van der Waals surface area contributed by atoms with Gasteiger partial charge in [0.15, 0.2) is 11.5 Å². The summed E-state index contributed by atoms with van der Waals surface area (Å²) in [4.78, 5) is 28.8. The van der Waals surface area contributed by atoms with Crippen LogP contribution in [-0.2, 0) is 6.54 Å². The van der Waals surface area contributed by atoms with E-state index < -0.39 is 0 Å². The van der Waals surface area contributed by atoms with Crippen molar-refractivity contribution in [2.45, 2.75) is 32.4 Å². The Morgan fingerprint density at radius 3 is 2.92 bits per heavy atom. The zero-order valence-corrected chi connectivity index (χ0v) is 14.3. The van der Waals surface area contributed by atoms with Gasteiger partial charge in [0.2, 0.25) is 0 Å². The van der Waals surface area contributed by atoms with E-state index in [1.807, 2.05) is 12.1 Å². The summed E-state index contributed by atoms with van der Waals surface area (Å²) < 4.78 is 7.99. The number of aromatic nitrogens is 5. The Balaban J connectivity index is 1.50. The third kappa shape index (κ3) is 3.15. The highest BCUT2D eigenvalue weighted by molar-refractivity contribution is 5.92. The number of carbonyl (C=O) groups is 1. The first-order valence-electron chi connectivity index (χ1n) is 8.45. The fourth-order valence-corrected chi connectivity index (χ4v) is 2.76. The predicted octanol–water partition coefficient (Wildman–Crippen LogP) is 1.17. The number of aryl methyl sites for hydroxylation is 1. The van der Waals surface area contributed by atoms with E-state index in [0.29, 0.717) is 11.6 Å². The molecule has 1 amide bonds. The molecular formula is C17H18N6O3. The Labute approximate surface area is 148 Å². The minimum absolute atomic E-state index is 0.169. The lowest BCUT2D eigenvalue weighted by Crippen LogP contribution is -2.32. The van der Waals surface area contributed by atoms with Crippen molar-refractivity contribution in [1.82, 2.24) is 29.8 Å². The van der Waals surface area contributed by atoms with Crippen molar-refractivity contribution in [3.63, 3.8) is 0 Å². The minimum atomic E-state index is -0.344. The molecule has 9 heteroatoms. The van der Waals surface area contributed by atoms with Crippen LogP contribution in [0.1, 0.15) is 35.1 Å². The van der Waals surface area contributed by atoms with E-state index in [-0.39, 0.29) is 36.4 Å². The molecule has 0 spiro atoms. The van der Waals surface area contributed by atoms with Gasteiger partial charge in [0.25, 0.3) is 5.91 Å². The molecule has 0 atom stereocenters. The summed E-state index contributed by atoms with van der Waals surface area (Å²) in [5, 5.41) is 10.8. The van der Waals surface area contributed by atoms with E-state index in [4.69, 9.17) is 4.52 Å². The van der Waals surface area contributed by atoms with E-state index in [9.17, 15) is 9.59 Å². The number of nitrogens with one attached hydrogen (secondary N) is 1. The number of nitrogens with zero attached hydrogens (tertiary/aromatic N) is 5. The fourth-order valence-electron chi connectivity index (χ4n) is 2.76. The van der Waals surface area contributed by atoms with E-state index >= 15 is 0 Å². The second kappa shape index (κ2) is 6.58. The van der Waals surface area contributed by atoms with Gasteiger partial charge in [-0.15, -0.1) is 5.10 Å². The van der Waals surface area contributed by atoms with Crippen molar-refractivity contribution in [2.24, 2.45) is 0 Å². The van der Waals surface area contributed by atoms with Crippen LogP contribution >= 0.6 is 0 Å². The lowest BCUT2D eigenvalue weighted by atomic mass is 10.3. The van der Waals surface area contributed by atoms with E-state index in [1.54, 1.807) is 30.0 Å². The van der Waals surface area contributed by atoms with Gasteiger partial charge in [-0.2, -0.15) is 0 Å². The SMILES string of the molecule is Cc1cc(C(=O)NCCn2nc(-c3cccnc3)n(C3CC3)c2=O)no1. The molecule has 3 aromatic rings. The first kappa shape index (κ1) is 16.2. The van der Waals surface area contributed by atoms with Gasteiger partial charge in [-0.05, 0) is 31.9 Å². The van der Waals surface area contributed by atoms with E-state index in [1.165, 1.54) is 4.68 Å². The molecule has 3 heterocycles. The standard InChI is InChI=1S/C17H18N6O3/c1-11-9-14(21-26-11)16(24)19-7-8-22-17(25)23(13-4-5-13)15(20-22)12-3-2-6-18-10-12/h2-3,6,9-10,13H,4-5,7-8H2,1H3,(H,19,24). The van der Waals surface area contributed by atoms with Crippen LogP contribution in [0.4, 0.5) is 0 Å². The maximum Gasteiger partial charge on any atom is 0.346 e. The molecular weight excluding hydrogens is 336 g/mol. The normalized spacial score (nSPS) is 13.7. The Morgan fingerprint density at radius 1 is 1.42 bits per heavy atom. The minimum Gasteiger partial charge on any atom is -0.361 e. The molecule has 4 rings (SSSR count). The summed E-state index contributed by atoms with van der Waals surface area (Å²) >= 11 is 0. The molecule has 1 aliphatic rings. The molecule has 0 aliphatic heterocycles. The van der Waals surface area contributed by atoms with Crippen molar-refractivity contribution in [1.29, 1.82) is 0 Å². The van der Waals surface area contributed by atoms with E-state index in [2.05, 4.69) is 20.6 Å². The lowest BCUT2D eigenvalue weighted by molar-refractivity contribution is 0.0942. The van der Waals surface area contributed by atoms with Crippen molar-refractivity contribution in [2.75, 3.05) is 6.54 Å². The second-order valence-corrected chi connectivity index (χ2v) is 6.25. The Morgan fingerprint density at radius 2 is 2.27 bits per heavy atom. The topological polar surface area (TPSA) is 108 Å². The number of carbonyl (C=O) groups excluding carboxylic acids is 1. The highest BCUT2D eigenvalue weighted by atomic mass is 16.5. The Bertz CT molecular complexity index is 984. The molecule has 1 fully saturated rings. The summed E-state index contributed by atoms with van der Waals surface area (Å²) in [5.74, 6) is 0.837. The zero-order chi connectivity index (χ0) is 18.1. The Kier molecular flexibility index (Phi) is 4.11. The van der Waals surface area contributed by atoms with Crippen molar-refractivity contribution in [3.8, 4) is 11.4 Å². The Hall–Kier alpha value is -3.23. The molecule has 0 aromatic carbocycles. The molecule has 1 aliphatic carbocycles. The molecule has 1 saturated carbocycles. The molecule has 0 radical (unpaired) electrons. The molecule has 0 unspecified atom stereocenters. The summed E-state index contributed by atoms with van der Waals surface area (Å²) in [7, 11) is 0. The number of pyridine rings is 1. The summed E-state index contributed by atoms with van der Waals surface area (Å²) in [6.07, 6.45) is 5.32. The maximum absolute atomic E-state index is 12.7. The van der Waals surface area contributed by atoms with Gasteiger partial charge >= 0.3 is 5.69 Å². The third-order valence-electron chi connectivity index (χ3n) is 4.17. The summed E-state index contributed by atoms with van der Waals surface area (Å²) in [6.45, 7) is 2.25. The average Bonchev–Trinajstić information content (AvgIpc) is 3.30. The third-order valence-corrected chi connectivity index (χ3v) is 4.17.